The third kappa shape index (κ3) is 3.21. The molecule has 1 amide bonds. The van der Waals surface area contributed by atoms with E-state index in [1.54, 1.807) is 0 Å². The first-order valence-electron chi connectivity index (χ1n) is 8.95. The molecule has 5 nitrogen and oxygen atoms in total. The molecule has 0 aliphatic carbocycles. The van der Waals surface area contributed by atoms with Crippen LogP contribution in [-0.2, 0) is 16.1 Å². The van der Waals surface area contributed by atoms with Crippen molar-refractivity contribution < 1.29 is 19.1 Å². The molecule has 1 aromatic carbocycles. The molecule has 1 saturated heterocycles. The molecule has 2 aliphatic rings. The third-order valence-corrected chi connectivity index (χ3v) is 6.17. The van der Waals surface area contributed by atoms with E-state index in [1.807, 2.05) is 42.2 Å². The predicted octanol–water partition coefficient (Wildman–Crippen LogP) is 3.87. The van der Waals surface area contributed by atoms with E-state index >= 15 is 0 Å². The topological polar surface area (TPSA) is 55.8 Å². The van der Waals surface area contributed by atoms with Crippen LogP contribution in [0.15, 0.2) is 30.3 Å². The minimum Gasteiger partial charge on any atom is -0.488 e. The van der Waals surface area contributed by atoms with Crippen LogP contribution in [0.3, 0.4) is 0 Å². The van der Waals surface area contributed by atoms with Crippen molar-refractivity contribution in [3.05, 3.63) is 40.8 Å². The van der Waals surface area contributed by atoms with Gasteiger partial charge in [0.1, 0.15) is 17.2 Å². The Bertz CT molecular complexity index is 844. The van der Waals surface area contributed by atoms with Gasteiger partial charge < -0.3 is 14.4 Å². The Hall–Kier alpha value is -2.34. The first-order valence-corrected chi connectivity index (χ1v) is 9.76. The fraction of sp³-hybridized carbons (Fsp3) is 0.400. The van der Waals surface area contributed by atoms with E-state index < -0.39 is 5.97 Å². The second-order valence-corrected chi connectivity index (χ2v) is 7.81. The highest BCUT2D eigenvalue weighted by Crippen LogP contribution is 2.42. The summed E-state index contributed by atoms with van der Waals surface area (Å²) in [4.78, 5) is 28.1. The molecule has 0 radical (unpaired) electrons. The maximum absolute atomic E-state index is 12.4. The van der Waals surface area contributed by atoms with Gasteiger partial charge in [-0.2, -0.15) is 0 Å². The average molecular weight is 371 g/mol. The number of nitrogens with zero attached hydrogens (tertiary/aromatic N) is 1. The molecule has 3 heterocycles. The SMILES string of the molecule is C[C@@H]1CCCCN1C(=O)COC(=O)c1cc2c(s1)-c1ccccc1OC2. The van der Waals surface area contributed by atoms with Gasteiger partial charge in [-0.3, -0.25) is 4.79 Å². The van der Waals surface area contributed by atoms with Crippen molar-refractivity contribution >= 4 is 23.2 Å². The minimum atomic E-state index is -0.445. The number of carbonyl (C=O) groups is 2. The van der Waals surface area contributed by atoms with Crippen molar-refractivity contribution in [2.45, 2.75) is 38.8 Å². The second-order valence-electron chi connectivity index (χ2n) is 6.76. The molecule has 1 fully saturated rings. The molecule has 2 aromatic rings. The molecule has 6 heteroatoms. The number of ether oxygens (including phenoxy) is 2. The molecule has 4 rings (SSSR count). The standard InChI is InChI=1S/C20H21NO4S/c1-13-6-4-5-9-21(13)18(22)12-25-20(23)17-10-14-11-24-16-8-3-2-7-15(16)19(14)26-17/h2-3,7-8,10,13H,4-6,9,11-12H2,1H3/t13-/m1/s1. The molecule has 0 N–H and O–H groups in total. The number of benzene rings is 1. The zero-order chi connectivity index (χ0) is 18.1. The number of rotatable bonds is 3. The van der Waals surface area contributed by atoms with Crippen molar-refractivity contribution in [2.75, 3.05) is 13.2 Å². The molecular weight excluding hydrogens is 350 g/mol. The normalized spacial score (nSPS) is 18.5. The number of likely N-dealkylation sites (tertiary alicyclic amines) is 1. The Morgan fingerprint density at radius 3 is 3.00 bits per heavy atom. The smallest absolute Gasteiger partial charge is 0.348 e. The summed E-state index contributed by atoms with van der Waals surface area (Å²) < 4.78 is 11.0. The largest absolute Gasteiger partial charge is 0.488 e. The minimum absolute atomic E-state index is 0.111. The summed E-state index contributed by atoms with van der Waals surface area (Å²) >= 11 is 1.39. The summed E-state index contributed by atoms with van der Waals surface area (Å²) in [6.45, 7) is 3.04. The van der Waals surface area contributed by atoms with E-state index in [1.165, 1.54) is 11.3 Å². The van der Waals surface area contributed by atoms with Crippen LogP contribution in [0.4, 0.5) is 0 Å². The summed E-state index contributed by atoms with van der Waals surface area (Å²) in [5.74, 6) is 0.275. The molecule has 0 unspecified atom stereocenters. The van der Waals surface area contributed by atoms with E-state index in [0.717, 1.165) is 47.6 Å². The highest BCUT2D eigenvalue weighted by molar-refractivity contribution is 7.17. The van der Waals surface area contributed by atoms with Gasteiger partial charge in [0.25, 0.3) is 5.91 Å². The van der Waals surface area contributed by atoms with Crippen LogP contribution in [0, 0.1) is 0 Å². The van der Waals surface area contributed by atoms with Gasteiger partial charge >= 0.3 is 5.97 Å². The Morgan fingerprint density at radius 2 is 2.15 bits per heavy atom. The van der Waals surface area contributed by atoms with Crippen molar-refractivity contribution in [2.24, 2.45) is 0 Å². The van der Waals surface area contributed by atoms with Crippen molar-refractivity contribution in [3.63, 3.8) is 0 Å². The van der Waals surface area contributed by atoms with Crippen LogP contribution in [0.2, 0.25) is 0 Å². The maximum Gasteiger partial charge on any atom is 0.348 e. The number of piperidine rings is 1. The molecule has 0 spiro atoms. The van der Waals surface area contributed by atoms with Gasteiger partial charge in [-0.1, -0.05) is 12.1 Å². The van der Waals surface area contributed by atoms with Crippen LogP contribution < -0.4 is 4.74 Å². The zero-order valence-corrected chi connectivity index (χ0v) is 15.5. The van der Waals surface area contributed by atoms with E-state index in [-0.39, 0.29) is 18.6 Å². The number of esters is 1. The number of amides is 1. The number of hydrogen-bond acceptors (Lipinski definition) is 5. The van der Waals surface area contributed by atoms with E-state index in [4.69, 9.17) is 9.47 Å². The van der Waals surface area contributed by atoms with Gasteiger partial charge in [-0.15, -0.1) is 11.3 Å². The lowest BCUT2D eigenvalue weighted by Crippen LogP contribution is -2.44. The van der Waals surface area contributed by atoms with Crippen LogP contribution >= 0.6 is 11.3 Å². The number of para-hydroxylation sites is 1. The Kier molecular flexibility index (Phi) is 4.68. The lowest BCUT2D eigenvalue weighted by molar-refractivity contribution is -0.137. The van der Waals surface area contributed by atoms with Crippen molar-refractivity contribution in [1.82, 2.24) is 4.90 Å². The number of hydrogen-bond donors (Lipinski definition) is 0. The first kappa shape index (κ1) is 17.1. The van der Waals surface area contributed by atoms with Crippen LogP contribution in [0.1, 0.15) is 41.4 Å². The first-order chi connectivity index (χ1) is 12.6. The summed E-state index contributed by atoms with van der Waals surface area (Å²) in [7, 11) is 0. The van der Waals surface area contributed by atoms with E-state index in [2.05, 4.69) is 0 Å². The van der Waals surface area contributed by atoms with Gasteiger partial charge in [-0.05, 0) is 44.4 Å². The predicted molar refractivity (Wildman–Crippen MR) is 99.4 cm³/mol. The summed E-state index contributed by atoms with van der Waals surface area (Å²) in [5, 5.41) is 0. The van der Waals surface area contributed by atoms with Gasteiger partial charge in [-0.25, -0.2) is 4.79 Å². The number of thiophene rings is 1. The lowest BCUT2D eigenvalue weighted by Gasteiger charge is -2.33. The molecular formula is C20H21NO4S. The number of fused-ring (bicyclic) bond motifs is 3. The fourth-order valence-corrected chi connectivity index (χ4v) is 4.64. The Morgan fingerprint density at radius 1 is 1.31 bits per heavy atom. The highest BCUT2D eigenvalue weighted by atomic mass is 32.1. The Balaban J connectivity index is 1.44. The molecule has 136 valence electrons. The number of carbonyl (C=O) groups excluding carboxylic acids is 2. The monoisotopic (exact) mass is 371 g/mol. The van der Waals surface area contributed by atoms with E-state index in [9.17, 15) is 9.59 Å². The molecule has 1 atom stereocenters. The van der Waals surface area contributed by atoms with Gasteiger partial charge in [0.15, 0.2) is 6.61 Å². The molecule has 0 bridgehead atoms. The molecule has 2 aliphatic heterocycles. The van der Waals surface area contributed by atoms with Crippen LogP contribution in [0.5, 0.6) is 5.75 Å². The third-order valence-electron chi connectivity index (χ3n) is 4.98. The van der Waals surface area contributed by atoms with Crippen LogP contribution in [-0.4, -0.2) is 36.0 Å². The lowest BCUT2D eigenvalue weighted by atomic mass is 10.0. The summed E-state index contributed by atoms with van der Waals surface area (Å²) in [5.41, 5.74) is 1.98. The van der Waals surface area contributed by atoms with Gasteiger partial charge in [0.2, 0.25) is 0 Å². The molecule has 1 aromatic heterocycles. The highest BCUT2D eigenvalue weighted by Gasteiger charge is 2.26. The Labute approximate surface area is 156 Å². The van der Waals surface area contributed by atoms with Crippen molar-refractivity contribution in [1.29, 1.82) is 0 Å². The maximum atomic E-state index is 12.4. The van der Waals surface area contributed by atoms with Gasteiger partial charge in [0.05, 0.1) is 0 Å². The second kappa shape index (κ2) is 7.11. The van der Waals surface area contributed by atoms with E-state index in [0.29, 0.717) is 11.5 Å². The van der Waals surface area contributed by atoms with Crippen LogP contribution in [0.25, 0.3) is 10.4 Å². The summed E-state index contributed by atoms with van der Waals surface area (Å²) in [6, 6.07) is 9.83. The average Bonchev–Trinajstić information content (AvgIpc) is 3.11. The van der Waals surface area contributed by atoms with Gasteiger partial charge in [0, 0.05) is 28.6 Å². The quantitative estimate of drug-likeness (QED) is 0.769. The fourth-order valence-electron chi connectivity index (χ4n) is 3.55. The summed E-state index contributed by atoms with van der Waals surface area (Å²) in [6.07, 6.45) is 3.17. The molecule has 0 saturated carbocycles. The molecule has 26 heavy (non-hydrogen) atoms. The van der Waals surface area contributed by atoms with Crippen molar-refractivity contribution in [3.8, 4) is 16.2 Å². The zero-order valence-electron chi connectivity index (χ0n) is 14.7.